The van der Waals surface area contributed by atoms with Crippen LogP contribution in [0, 0.1) is 11.7 Å². The average molecular weight is 501 g/mol. The maximum absolute atomic E-state index is 14.4. The molecule has 6 nitrogen and oxygen atoms in total. The molecule has 0 bridgehead atoms. The number of halogens is 2. The number of nitrogens with zero attached hydrogens (tertiary/aromatic N) is 4. The maximum Gasteiger partial charge on any atom is 0.193 e. The molecule has 0 atom stereocenters. The van der Waals surface area contributed by atoms with Gasteiger partial charge in [-0.1, -0.05) is 6.07 Å². The fourth-order valence-corrected chi connectivity index (χ4v) is 3.35. The van der Waals surface area contributed by atoms with Crippen molar-refractivity contribution in [2.45, 2.75) is 25.8 Å². The van der Waals surface area contributed by atoms with Crippen LogP contribution in [-0.4, -0.2) is 54.3 Å². The van der Waals surface area contributed by atoms with Gasteiger partial charge in [-0.2, -0.15) is 0 Å². The molecular formula is C20H29FIN5O. The molecule has 0 amide bonds. The van der Waals surface area contributed by atoms with E-state index in [-0.39, 0.29) is 29.8 Å². The molecule has 2 heterocycles. The van der Waals surface area contributed by atoms with Crippen LogP contribution in [0.4, 0.5) is 4.39 Å². The summed E-state index contributed by atoms with van der Waals surface area (Å²) in [6.07, 6.45) is 8.37. The molecule has 28 heavy (non-hydrogen) atoms. The van der Waals surface area contributed by atoms with Crippen molar-refractivity contribution in [1.82, 2.24) is 19.8 Å². The summed E-state index contributed by atoms with van der Waals surface area (Å²) in [7, 11) is 3.81. The summed E-state index contributed by atoms with van der Waals surface area (Å²) >= 11 is 0. The van der Waals surface area contributed by atoms with Crippen LogP contribution >= 0.6 is 24.0 Å². The van der Waals surface area contributed by atoms with Gasteiger partial charge in [-0.3, -0.25) is 4.99 Å². The number of ether oxygens (including phenoxy) is 1. The third-order valence-electron chi connectivity index (χ3n) is 5.03. The van der Waals surface area contributed by atoms with Crippen LogP contribution in [0.2, 0.25) is 0 Å². The van der Waals surface area contributed by atoms with E-state index in [0.29, 0.717) is 12.2 Å². The SMILES string of the molecule is CN=C(NCc1ccc(-n2ccnc2)c(F)c1)N(C)CCC1CCOCC1.I. The Balaban J connectivity index is 0.00000280. The molecule has 0 saturated carbocycles. The van der Waals surface area contributed by atoms with Crippen LogP contribution in [0.1, 0.15) is 24.8 Å². The van der Waals surface area contributed by atoms with Gasteiger partial charge in [0.25, 0.3) is 0 Å². The molecule has 1 aliphatic heterocycles. The second-order valence-corrected chi connectivity index (χ2v) is 6.92. The second-order valence-electron chi connectivity index (χ2n) is 6.92. The molecule has 0 spiro atoms. The molecule has 1 aliphatic rings. The summed E-state index contributed by atoms with van der Waals surface area (Å²) in [6, 6.07) is 5.24. The molecular weight excluding hydrogens is 472 g/mol. The number of hydrogen-bond donors (Lipinski definition) is 1. The van der Waals surface area contributed by atoms with Gasteiger partial charge < -0.3 is 19.5 Å². The zero-order valence-corrected chi connectivity index (χ0v) is 18.8. The van der Waals surface area contributed by atoms with Crippen molar-refractivity contribution in [2.24, 2.45) is 10.9 Å². The van der Waals surface area contributed by atoms with Gasteiger partial charge in [0.05, 0.1) is 12.0 Å². The highest BCUT2D eigenvalue weighted by Crippen LogP contribution is 2.18. The van der Waals surface area contributed by atoms with Gasteiger partial charge in [-0.15, -0.1) is 24.0 Å². The molecule has 1 aromatic heterocycles. The number of imidazole rings is 1. The summed E-state index contributed by atoms with van der Waals surface area (Å²) < 4.78 is 21.5. The number of benzene rings is 1. The lowest BCUT2D eigenvalue weighted by atomic mass is 9.96. The average Bonchev–Trinajstić information content (AvgIpc) is 3.22. The topological polar surface area (TPSA) is 54.7 Å². The molecule has 2 aromatic rings. The molecule has 8 heteroatoms. The first-order chi connectivity index (χ1) is 13.2. The van der Waals surface area contributed by atoms with Gasteiger partial charge in [0.1, 0.15) is 5.82 Å². The summed E-state index contributed by atoms with van der Waals surface area (Å²) in [4.78, 5) is 10.4. The normalized spacial score (nSPS) is 15.2. The Bertz CT molecular complexity index is 747. The third-order valence-corrected chi connectivity index (χ3v) is 5.03. The van der Waals surface area contributed by atoms with Crippen molar-refractivity contribution in [1.29, 1.82) is 0 Å². The standard InChI is InChI=1S/C20H28FN5O.HI/c1-22-20(25(2)9-5-16-6-11-27-12-7-16)24-14-17-3-4-19(18(21)13-17)26-10-8-23-15-26;/h3-4,8,10,13,15-16H,5-7,9,11-12,14H2,1-2H3,(H,22,24);1H. The Morgan fingerprint density at radius 3 is 2.82 bits per heavy atom. The third kappa shape index (κ3) is 6.16. The minimum absolute atomic E-state index is 0. The predicted molar refractivity (Wildman–Crippen MR) is 120 cm³/mol. The first-order valence-corrected chi connectivity index (χ1v) is 9.43. The van der Waals surface area contributed by atoms with E-state index in [4.69, 9.17) is 4.74 Å². The van der Waals surface area contributed by atoms with Crippen LogP contribution in [0.15, 0.2) is 41.9 Å². The Morgan fingerprint density at radius 2 is 2.18 bits per heavy atom. The van der Waals surface area contributed by atoms with E-state index in [0.717, 1.165) is 56.5 Å². The van der Waals surface area contributed by atoms with Crippen LogP contribution in [0.5, 0.6) is 0 Å². The van der Waals surface area contributed by atoms with Gasteiger partial charge in [-0.25, -0.2) is 9.37 Å². The summed E-state index contributed by atoms with van der Waals surface area (Å²) in [5, 5.41) is 3.32. The summed E-state index contributed by atoms with van der Waals surface area (Å²) in [5.41, 5.74) is 1.37. The lowest BCUT2D eigenvalue weighted by Crippen LogP contribution is -2.39. The first-order valence-electron chi connectivity index (χ1n) is 9.43. The van der Waals surface area contributed by atoms with Crippen molar-refractivity contribution in [3.05, 3.63) is 48.3 Å². The number of nitrogens with one attached hydrogen (secondary N) is 1. The molecule has 154 valence electrons. The summed E-state index contributed by atoms with van der Waals surface area (Å²) in [5.74, 6) is 1.28. The fourth-order valence-electron chi connectivity index (χ4n) is 3.35. The molecule has 1 fully saturated rings. The van der Waals surface area contributed by atoms with Crippen LogP contribution < -0.4 is 5.32 Å². The van der Waals surface area contributed by atoms with E-state index in [2.05, 4.69) is 20.2 Å². The molecule has 1 N–H and O–H groups in total. The van der Waals surface area contributed by atoms with Crippen molar-refractivity contribution in [2.75, 3.05) is 33.9 Å². The highest BCUT2D eigenvalue weighted by Gasteiger charge is 2.15. The molecule has 0 unspecified atom stereocenters. The monoisotopic (exact) mass is 501 g/mol. The molecule has 3 rings (SSSR count). The summed E-state index contributed by atoms with van der Waals surface area (Å²) in [6.45, 7) is 3.22. The van der Waals surface area contributed by atoms with E-state index in [9.17, 15) is 4.39 Å². The van der Waals surface area contributed by atoms with Crippen LogP contribution in [-0.2, 0) is 11.3 Å². The number of aliphatic imine (C=N–C) groups is 1. The zero-order chi connectivity index (χ0) is 19.1. The van der Waals surface area contributed by atoms with Crippen molar-refractivity contribution >= 4 is 29.9 Å². The van der Waals surface area contributed by atoms with Crippen LogP contribution in [0.25, 0.3) is 5.69 Å². The quantitative estimate of drug-likeness (QED) is 0.375. The zero-order valence-electron chi connectivity index (χ0n) is 16.5. The van der Waals surface area contributed by atoms with E-state index in [1.165, 1.54) is 0 Å². The minimum atomic E-state index is -0.268. The highest BCUT2D eigenvalue weighted by atomic mass is 127. The Labute approximate surface area is 183 Å². The lowest BCUT2D eigenvalue weighted by Gasteiger charge is -2.26. The van der Waals surface area contributed by atoms with E-state index >= 15 is 0 Å². The molecule has 1 saturated heterocycles. The van der Waals surface area contributed by atoms with Gasteiger partial charge >= 0.3 is 0 Å². The largest absolute Gasteiger partial charge is 0.381 e. The predicted octanol–water partition coefficient (Wildman–Crippen LogP) is 3.45. The minimum Gasteiger partial charge on any atom is -0.381 e. The Hall–Kier alpha value is -1.68. The number of guanidine groups is 1. The van der Waals surface area contributed by atoms with Gasteiger partial charge in [-0.05, 0) is 42.9 Å². The van der Waals surface area contributed by atoms with Crippen molar-refractivity contribution in [3.8, 4) is 5.69 Å². The van der Waals surface area contributed by atoms with Gasteiger partial charge in [0, 0.05) is 52.8 Å². The number of rotatable bonds is 6. The maximum atomic E-state index is 14.4. The van der Waals surface area contributed by atoms with E-state index < -0.39 is 0 Å². The fraction of sp³-hybridized carbons (Fsp3) is 0.500. The molecule has 0 aliphatic carbocycles. The van der Waals surface area contributed by atoms with Crippen molar-refractivity contribution in [3.63, 3.8) is 0 Å². The van der Waals surface area contributed by atoms with E-state index in [1.54, 1.807) is 42.5 Å². The number of aromatic nitrogens is 2. The second kappa shape index (κ2) is 11.4. The smallest absolute Gasteiger partial charge is 0.193 e. The first kappa shape index (κ1) is 22.6. The molecule has 0 radical (unpaired) electrons. The number of hydrogen-bond acceptors (Lipinski definition) is 3. The lowest BCUT2D eigenvalue weighted by molar-refractivity contribution is 0.0625. The van der Waals surface area contributed by atoms with E-state index in [1.807, 2.05) is 13.1 Å². The van der Waals surface area contributed by atoms with Crippen LogP contribution in [0.3, 0.4) is 0 Å². The molecule has 1 aromatic carbocycles. The van der Waals surface area contributed by atoms with Gasteiger partial charge in [0.2, 0.25) is 0 Å². The van der Waals surface area contributed by atoms with Gasteiger partial charge in [0.15, 0.2) is 5.96 Å². The highest BCUT2D eigenvalue weighted by molar-refractivity contribution is 14.0. The van der Waals surface area contributed by atoms with Crippen molar-refractivity contribution < 1.29 is 9.13 Å². The Morgan fingerprint density at radius 1 is 1.39 bits per heavy atom. The Kier molecular flexibility index (Phi) is 9.17.